The van der Waals surface area contributed by atoms with Crippen molar-refractivity contribution in [3.8, 4) is 5.75 Å². The van der Waals surface area contributed by atoms with E-state index in [2.05, 4.69) is 22.5 Å². The van der Waals surface area contributed by atoms with Gasteiger partial charge in [-0.1, -0.05) is 31.4 Å². The average Bonchev–Trinajstić information content (AvgIpc) is 2.59. The number of ether oxygens (including phenoxy) is 1. The first-order valence-electron chi connectivity index (χ1n) is 8.72. The minimum atomic E-state index is -0.482. The minimum absolute atomic E-state index is 0.113. The van der Waals surface area contributed by atoms with Crippen LogP contribution in [0.15, 0.2) is 29.3 Å². The van der Waals surface area contributed by atoms with Gasteiger partial charge in [0.05, 0.1) is 6.54 Å². The van der Waals surface area contributed by atoms with Crippen LogP contribution in [0.2, 0.25) is 0 Å². The van der Waals surface area contributed by atoms with Gasteiger partial charge in [0, 0.05) is 12.6 Å². The molecule has 1 saturated carbocycles. The second-order valence-electron chi connectivity index (χ2n) is 6.08. The molecule has 0 saturated heterocycles. The Balaban J connectivity index is 1.94. The summed E-state index contributed by atoms with van der Waals surface area (Å²) in [7, 11) is 0. The summed E-state index contributed by atoms with van der Waals surface area (Å²) in [6, 6.07) is 8.09. The van der Waals surface area contributed by atoms with Crippen molar-refractivity contribution in [2.24, 2.45) is 10.7 Å². The zero-order valence-electron chi connectivity index (χ0n) is 14.4. The first-order valence-corrected chi connectivity index (χ1v) is 8.72. The maximum atomic E-state index is 10.8. The van der Waals surface area contributed by atoms with Gasteiger partial charge in [0.25, 0.3) is 5.91 Å². The van der Waals surface area contributed by atoms with Gasteiger partial charge in [-0.3, -0.25) is 4.79 Å². The molecule has 4 N–H and O–H groups in total. The van der Waals surface area contributed by atoms with E-state index in [1.54, 1.807) is 0 Å². The van der Waals surface area contributed by atoms with Gasteiger partial charge in [0.15, 0.2) is 12.6 Å². The van der Waals surface area contributed by atoms with Crippen LogP contribution in [-0.4, -0.2) is 31.1 Å². The molecule has 0 atom stereocenters. The minimum Gasteiger partial charge on any atom is -0.484 e. The van der Waals surface area contributed by atoms with Crippen molar-refractivity contribution in [3.63, 3.8) is 0 Å². The fraction of sp³-hybridized carbons (Fsp3) is 0.556. The predicted molar refractivity (Wildman–Crippen MR) is 96.0 cm³/mol. The smallest absolute Gasteiger partial charge is 0.255 e. The lowest BCUT2D eigenvalue weighted by Crippen LogP contribution is -2.44. The van der Waals surface area contributed by atoms with E-state index in [0.717, 1.165) is 18.1 Å². The van der Waals surface area contributed by atoms with Crippen LogP contribution in [-0.2, 0) is 11.3 Å². The standard InChI is InChI=1S/C18H28N4O2/c1-2-20-18(22-15-8-4-3-5-9-15)21-12-14-7-6-10-16(11-14)24-13-17(19)23/h6-7,10-11,15H,2-5,8-9,12-13H2,1H3,(H2,19,23)(H2,20,21,22). The van der Waals surface area contributed by atoms with Crippen molar-refractivity contribution >= 4 is 11.9 Å². The molecule has 0 aromatic heterocycles. The number of hydrogen-bond acceptors (Lipinski definition) is 3. The van der Waals surface area contributed by atoms with Crippen molar-refractivity contribution in [2.75, 3.05) is 13.2 Å². The normalized spacial score (nSPS) is 15.8. The summed E-state index contributed by atoms with van der Waals surface area (Å²) in [4.78, 5) is 15.5. The molecule has 1 fully saturated rings. The maximum absolute atomic E-state index is 10.8. The Bertz CT molecular complexity index is 554. The van der Waals surface area contributed by atoms with Crippen LogP contribution in [0.25, 0.3) is 0 Å². The summed E-state index contributed by atoms with van der Waals surface area (Å²) in [5.41, 5.74) is 6.12. The maximum Gasteiger partial charge on any atom is 0.255 e. The van der Waals surface area contributed by atoms with Gasteiger partial charge >= 0.3 is 0 Å². The number of rotatable bonds is 7. The molecule has 1 aliphatic rings. The zero-order valence-corrected chi connectivity index (χ0v) is 14.4. The van der Waals surface area contributed by atoms with Gasteiger partial charge in [0.1, 0.15) is 5.75 Å². The summed E-state index contributed by atoms with van der Waals surface area (Å²) < 4.78 is 5.33. The zero-order chi connectivity index (χ0) is 17.2. The molecule has 6 heteroatoms. The lowest BCUT2D eigenvalue weighted by Gasteiger charge is -2.24. The summed E-state index contributed by atoms with van der Waals surface area (Å²) in [6.45, 7) is 3.34. The van der Waals surface area contributed by atoms with Gasteiger partial charge in [-0.15, -0.1) is 0 Å². The van der Waals surface area contributed by atoms with Gasteiger partial charge in [-0.25, -0.2) is 4.99 Å². The number of primary amides is 1. The second kappa shape index (κ2) is 9.80. The number of carbonyl (C=O) groups excluding carboxylic acids is 1. The van der Waals surface area contributed by atoms with E-state index < -0.39 is 5.91 Å². The second-order valence-corrected chi connectivity index (χ2v) is 6.08. The highest BCUT2D eigenvalue weighted by Crippen LogP contribution is 2.17. The van der Waals surface area contributed by atoms with E-state index in [1.165, 1.54) is 32.1 Å². The number of aliphatic imine (C=N–C) groups is 1. The van der Waals surface area contributed by atoms with Crippen molar-refractivity contribution in [1.29, 1.82) is 0 Å². The van der Waals surface area contributed by atoms with Crippen LogP contribution in [0.4, 0.5) is 0 Å². The molecule has 0 aliphatic heterocycles. The Morgan fingerprint density at radius 1 is 1.33 bits per heavy atom. The molecular formula is C18H28N4O2. The van der Waals surface area contributed by atoms with Gasteiger partial charge < -0.3 is 21.1 Å². The van der Waals surface area contributed by atoms with E-state index in [9.17, 15) is 4.79 Å². The number of carbonyl (C=O) groups is 1. The molecule has 0 spiro atoms. The summed E-state index contributed by atoms with van der Waals surface area (Å²) in [5.74, 6) is 1.00. The number of guanidine groups is 1. The molecule has 1 aliphatic carbocycles. The van der Waals surface area contributed by atoms with Gasteiger partial charge in [0.2, 0.25) is 0 Å². The average molecular weight is 332 g/mol. The molecular weight excluding hydrogens is 304 g/mol. The quantitative estimate of drug-likeness (QED) is 0.526. The molecule has 1 aromatic rings. The fourth-order valence-electron chi connectivity index (χ4n) is 2.82. The molecule has 0 unspecified atom stereocenters. The first kappa shape index (κ1) is 18.1. The summed E-state index contributed by atoms with van der Waals surface area (Å²) in [6.07, 6.45) is 6.33. The Morgan fingerprint density at radius 3 is 2.83 bits per heavy atom. The summed E-state index contributed by atoms with van der Waals surface area (Å²) >= 11 is 0. The SMILES string of the molecule is CCNC(=NCc1cccc(OCC(N)=O)c1)NC1CCCCC1. The molecule has 132 valence electrons. The number of benzene rings is 1. The molecule has 0 bridgehead atoms. The van der Waals surface area contributed by atoms with E-state index in [1.807, 2.05) is 24.3 Å². The third-order valence-corrected chi connectivity index (χ3v) is 3.99. The fourth-order valence-corrected chi connectivity index (χ4v) is 2.82. The third kappa shape index (κ3) is 6.48. The highest BCUT2D eigenvalue weighted by Gasteiger charge is 2.14. The lowest BCUT2D eigenvalue weighted by atomic mass is 9.96. The van der Waals surface area contributed by atoms with Gasteiger partial charge in [-0.05, 0) is 37.5 Å². The highest BCUT2D eigenvalue weighted by atomic mass is 16.5. The Morgan fingerprint density at radius 2 is 2.12 bits per heavy atom. The Kier molecular flexibility index (Phi) is 7.39. The van der Waals surface area contributed by atoms with E-state index in [4.69, 9.17) is 10.5 Å². The number of nitrogens with zero attached hydrogens (tertiary/aromatic N) is 1. The first-order chi connectivity index (χ1) is 11.7. The Hall–Kier alpha value is -2.24. The molecule has 24 heavy (non-hydrogen) atoms. The van der Waals surface area contributed by atoms with Crippen LogP contribution in [0, 0.1) is 0 Å². The molecule has 0 radical (unpaired) electrons. The number of nitrogens with two attached hydrogens (primary N) is 1. The van der Waals surface area contributed by atoms with E-state index in [0.29, 0.717) is 18.3 Å². The van der Waals surface area contributed by atoms with Crippen molar-refractivity contribution in [1.82, 2.24) is 10.6 Å². The largest absolute Gasteiger partial charge is 0.484 e. The highest BCUT2D eigenvalue weighted by molar-refractivity contribution is 5.80. The summed E-state index contributed by atoms with van der Waals surface area (Å²) in [5, 5.41) is 6.83. The topological polar surface area (TPSA) is 88.7 Å². The third-order valence-electron chi connectivity index (χ3n) is 3.99. The van der Waals surface area contributed by atoms with Crippen LogP contribution in [0.5, 0.6) is 5.75 Å². The van der Waals surface area contributed by atoms with Crippen LogP contribution >= 0.6 is 0 Å². The monoisotopic (exact) mass is 332 g/mol. The molecule has 2 rings (SSSR count). The van der Waals surface area contributed by atoms with Crippen molar-refractivity contribution in [3.05, 3.63) is 29.8 Å². The number of nitrogens with one attached hydrogen (secondary N) is 2. The Labute approximate surface area is 143 Å². The van der Waals surface area contributed by atoms with Crippen molar-refractivity contribution in [2.45, 2.75) is 51.6 Å². The van der Waals surface area contributed by atoms with Crippen LogP contribution in [0.1, 0.15) is 44.6 Å². The molecule has 0 heterocycles. The lowest BCUT2D eigenvalue weighted by molar-refractivity contribution is -0.119. The number of hydrogen-bond donors (Lipinski definition) is 3. The van der Waals surface area contributed by atoms with Crippen LogP contribution < -0.4 is 21.1 Å². The predicted octanol–water partition coefficient (Wildman–Crippen LogP) is 1.94. The molecule has 6 nitrogen and oxygen atoms in total. The van der Waals surface area contributed by atoms with E-state index >= 15 is 0 Å². The van der Waals surface area contributed by atoms with Gasteiger partial charge in [-0.2, -0.15) is 0 Å². The molecule has 1 amide bonds. The number of amides is 1. The van der Waals surface area contributed by atoms with Crippen molar-refractivity contribution < 1.29 is 9.53 Å². The molecule has 1 aromatic carbocycles. The van der Waals surface area contributed by atoms with E-state index in [-0.39, 0.29) is 6.61 Å². The van der Waals surface area contributed by atoms with Crippen LogP contribution in [0.3, 0.4) is 0 Å².